The van der Waals surface area contributed by atoms with Crippen molar-refractivity contribution in [3.63, 3.8) is 0 Å². The van der Waals surface area contributed by atoms with E-state index >= 15 is 0 Å². The summed E-state index contributed by atoms with van der Waals surface area (Å²) in [5.74, 6) is 1.88. The van der Waals surface area contributed by atoms with E-state index in [1.807, 2.05) is 66.7 Å². The average molecular weight is 576 g/mol. The summed E-state index contributed by atoms with van der Waals surface area (Å²) in [5, 5.41) is 7.17. The number of benzene rings is 7. The molecule has 0 atom stereocenters. The van der Waals surface area contributed by atoms with Crippen molar-refractivity contribution in [3.8, 4) is 45.3 Å². The zero-order valence-corrected chi connectivity index (χ0v) is 24.2. The van der Waals surface area contributed by atoms with Gasteiger partial charge < -0.3 is 4.42 Å². The SMILES string of the molecule is c1ccc(-c2nc(-c3ccccc3)nc(-c3ccc4c(c3)oc3ccc(-c5ccc6c(ccc7ccccc76)c5)cc34)n2)cc1. The second-order valence-corrected chi connectivity index (χ2v) is 11.3. The van der Waals surface area contributed by atoms with E-state index in [0.717, 1.165) is 44.2 Å². The van der Waals surface area contributed by atoms with Crippen molar-refractivity contribution in [2.24, 2.45) is 0 Å². The third-order valence-corrected chi connectivity index (χ3v) is 8.51. The normalized spacial score (nSPS) is 11.6. The van der Waals surface area contributed by atoms with Crippen LogP contribution >= 0.6 is 0 Å². The summed E-state index contributed by atoms with van der Waals surface area (Å²) in [5.41, 5.74) is 6.74. The smallest absolute Gasteiger partial charge is 0.164 e. The van der Waals surface area contributed by atoms with Crippen LogP contribution in [-0.4, -0.2) is 15.0 Å². The third-order valence-electron chi connectivity index (χ3n) is 8.51. The first-order valence-electron chi connectivity index (χ1n) is 15.0. The minimum Gasteiger partial charge on any atom is -0.456 e. The Kier molecular flexibility index (Phi) is 5.78. The lowest BCUT2D eigenvalue weighted by molar-refractivity contribution is 0.669. The fourth-order valence-electron chi connectivity index (χ4n) is 6.23. The maximum Gasteiger partial charge on any atom is 0.164 e. The molecule has 0 bridgehead atoms. The molecule has 0 radical (unpaired) electrons. The van der Waals surface area contributed by atoms with Crippen LogP contribution in [0.3, 0.4) is 0 Å². The largest absolute Gasteiger partial charge is 0.456 e. The van der Waals surface area contributed by atoms with Gasteiger partial charge >= 0.3 is 0 Å². The van der Waals surface area contributed by atoms with Crippen LogP contribution in [0.1, 0.15) is 0 Å². The van der Waals surface area contributed by atoms with Gasteiger partial charge in [-0.2, -0.15) is 0 Å². The Bertz CT molecular complexity index is 2480. The molecule has 0 saturated carbocycles. The van der Waals surface area contributed by atoms with Gasteiger partial charge in [-0.05, 0) is 63.0 Å². The van der Waals surface area contributed by atoms with Crippen molar-refractivity contribution in [2.45, 2.75) is 0 Å². The van der Waals surface area contributed by atoms with E-state index in [2.05, 4.69) is 84.9 Å². The highest BCUT2D eigenvalue weighted by Crippen LogP contribution is 2.36. The number of rotatable bonds is 4. The molecule has 45 heavy (non-hydrogen) atoms. The molecule has 0 fully saturated rings. The van der Waals surface area contributed by atoms with E-state index in [9.17, 15) is 0 Å². The summed E-state index contributed by atoms with van der Waals surface area (Å²) in [6.45, 7) is 0. The highest BCUT2D eigenvalue weighted by atomic mass is 16.3. The predicted molar refractivity (Wildman–Crippen MR) is 184 cm³/mol. The number of fused-ring (bicyclic) bond motifs is 6. The Morgan fingerprint density at radius 1 is 0.311 bits per heavy atom. The Hall–Kier alpha value is -6.13. The van der Waals surface area contributed by atoms with Gasteiger partial charge in [-0.1, -0.05) is 121 Å². The summed E-state index contributed by atoms with van der Waals surface area (Å²) < 4.78 is 6.38. The van der Waals surface area contributed by atoms with Gasteiger partial charge in [-0.15, -0.1) is 0 Å². The summed E-state index contributed by atoms with van der Waals surface area (Å²) in [6.07, 6.45) is 0. The van der Waals surface area contributed by atoms with Gasteiger partial charge in [0, 0.05) is 27.5 Å². The first kappa shape index (κ1) is 25.4. The van der Waals surface area contributed by atoms with Crippen molar-refractivity contribution in [3.05, 3.63) is 152 Å². The Labute approximate surface area is 259 Å². The zero-order chi connectivity index (χ0) is 29.7. The quantitative estimate of drug-likeness (QED) is 0.196. The van der Waals surface area contributed by atoms with Crippen molar-refractivity contribution in [2.75, 3.05) is 0 Å². The van der Waals surface area contributed by atoms with Gasteiger partial charge in [0.2, 0.25) is 0 Å². The first-order chi connectivity index (χ1) is 22.3. The lowest BCUT2D eigenvalue weighted by Gasteiger charge is -2.08. The Morgan fingerprint density at radius 3 is 1.62 bits per heavy atom. The molecule has 0 saturated heterocycles. The number of furan rings is 1. The number of hydrogen-bond acceptors (Lipinski definition) is 4. The molecule has 4 nitrogen and oxygen atoms in total. The van der Waals surface area contributed by atoms with Gasteiger partial charge in [0.1, 0.15) is 11.2 Å². The van der Waals surface area contributed by atoms with E-state index in [0.29, 0.717) is 17.5 Å². The van der Waals surface area contributed by atoms with Crippen molar-refractivity contribution >= 4 is 43.5 Å². The molecule has 0 unspecified atom stereocenters. The van der Waals surface area contributed by atoms with E-state index in [1.54, 1.807) is 0 Å². The standard InChI is InChI=1S/C41H25N3O/c1-3-10-27(11-4-1)39-42-40(28-12-5-2-6-13-28)44-41(43-39)32-18-21-35-36-24-30(19-22-37(36)45-38(35)25-32)29-17-20-34-31(23-29)16-15-26-9-7-8-14-33(26)34/h1-25H. The van der Waals surface area contributed by atoms with Crippen LogP contribution in [0.2, 0.25) is 0 Å². The number of hydrogen-bond donors (Lipinski definition) is 0. The van der Waals surface area contributed by atoms with Crippen LogP contribution in [0.25, 0.3) is 88.8 Å². The van der Waals surface area contributed by atoms with Crippen LogP contribution < -0.4 is 0 Å². The molecule has 2 heterocycles. The van der Waals surface area contributed by atoms with Crippen molar-refractivity contribution in [1.82, 2.24) is 15.0 Å². The van der Waals surface area contributed by atoms with Crippen LogP contribution in [0, 0.1) is 0 Å². The minimum absolute atomic E-state index is 0.606. The highest BCUT2D eigenvalue weighted by Gasteiger charge is 2.15. The highest BCUT2D eigenvalue weighted by molar-refractivity contribution is 6.10. The lowest BCUT2D eigenvalue weighted by atomic mass is 9.96. The van der Waals surface area contributed by atoms with Gasteiger partial charge in [-0.3, -0.25) is 0 Å². The summed E-state index contributed by atoms with van der Waals surface area (Å²) in [7, 11) is 0. The molecular formula is C41H25N3O. The lowest BCUT2D eigenvalue weighted by Crippen LogP contribution is -2.00. The molecule has 0 N–H and O–H groups in total. The number of aromatic nitrogens is 3. The van der Waals surface area contributed by atoms with Crippen LogP contribution in [0.15, 0.2) is 156 Å². The molecule has 0 spiro atoms. The summed E-state index contributed by atoms with van der Waals surface area (Å²) in [6, 6.07) is 52.4. The van der Waals surface area contributed by atoms with E-state index in [-0.39, 0.29) is 0 Å². The van der Waals surface area contributed by atoms with Crippen molar-refractivity contribution in [1.29, 1.82) is 0 Å². The molecule has 7 aromatic carbocycles. The minimum atomic E-state index is 0.606. The monoisotopic (exact) mass is 575 g/mol. The average Bonchev–Trinajstić information content (AvgIpc) is 3.49. The van der Waals surface area contributed by atoms with Crippen LogP contribution in [-0.2, 0) is 0 Å². The molecular weight excluding hydrogens is 550 g/mol. The fourth-order valence-corrected chi connectivity index (χ4v) is 6.23. The zero-order valence-electron chi connectivity index (χ0n) is 24.2. The molecule has 0 aliphatic heterocycles. The third kappa shape index (κ3) is 4.43. The maximum absolute atomic E-state index is 6.38. The van der Waals surface area contributed by atoms with Crippen LogP contribution in [0.5, 0.6) is 0 Å². The van der Waals surface area contributed by atoms with E-state index in [4.69, 9.17) is 19.4 Å². The first-order valence-corrected chi connectivity index (χ1v) is 15.0. The molecule has 2 aromatic heterocycles. The van der Waals surface area contributed by atoms with E-state index in [1.165, 1.54) is 27.1 Å². The topological polar surface area (TPSA) is 51.8 Å². The second kappa shape index (κ2) is 10.2. The molecule has 210 valence electrons. The summed E-state index contributed by atoms with van der Waals surface area (Å²) >= 11 is 0. The van der Waals surface area contributed by atoms with Crippen LogP contribution in [0.4, 0.5) is 0 Å². The molecule has 4 heteroatoms. The molecule has 0 aliphatic carbocycles. The molecule has 9 aromatic rings. The van der Waals surface area contributed by atoms with Gasteiger partial charge in [0.15, 0.2) is 17.5 Å². The molecule has 0 aliphatic rings. The van der Waals surface area contributed by atoms with Gasteiger partial charge in [0.25, 0.3) is 0 Å². The molecule has 0 amide bonds. The Balaban J connectivity index is 1.14. The fraction of sp³-hybridized carbons (Fsp3) is 0. The summed E-state index contributed by atoms with van der Waals surface area (Å²) in [4.78, 5) is 14.6. The number of nitrogens with zero attached hydrogens (tertiary/aromatic N) is 3. The predicted octanol–water partition coefficient (Wildman–Crippen LogP) is 10.7. The van der Waals surface area contributed by atoms with Gasteiger partial charge in [0.05, 0.1) is 0 Å². The molecule has 9 rings (SSSR count). The van der Waals surface area contributed by atoms with Crippen molar-refractivity contribution < 1.29 is 4.42 Å². The second-order valence-electron chi connectivity index (χ2n) is 11.3. The van der Waals surface area contributed by atoms with E-state index < -0.39 is 0 Å². The van der Waals surface area contributed by atoms with Gasteiger partial charge in [-0.25, -0.2) is 15.0 Å². The maximum atomic E-state index is 6.38. The Morgan fingerprint density at radius 2 is 0.867 bits per heavy atom.